The molecule has 1 heterocycles. The first-order valence-corrected chi connectivity index (χ1v) is 11.4. The molecule has 1 rings (SSSR count). The van der Waals surface area contributed by atoms with Gasteiger partial charge in [0.2, 0.25) is 5.91 Å². The zero-order valence-corrected chi connectivity index (χ0v) is 18.1. The third-order valence-corrected chi connectivity index (χ3v) is 4.85. The molecule has 0 aromatic carbocycles. The van der Waals surface area contributed by atoms with E-state index < -0.39 is 0 Å². The summed E-state index contributed by atoms with van der Waals surface area (Å²) in [6.45, 7) is 7.62. The van der Waals surface area contributed by atoms with Crippen LogP contribution in [0.5, 0.6) is 0 Å². The minimum atomic E-state index is -0.164. The number of nitrogens with zero attached hydrogens (tertiary/aromatic N) is 2. The Bertz CT molecular complexity index is 380. The highest BCUT2D eigenvalue weighted by molar-refractivity contribution is 5.73. The van der Waals surface area contributed by atoms with Crippen LogP contribution in [0.1, 0.15) is 104 Å². The van der Waals surface area contributed by atoms with E-state index in [9.17, 15) is 4.79 Å². The van der Waals surface area contributed by atoms with Crippen LogP contribution in [0, 0.1) is 0 Å². The number of hydrogen-bond acceptors (Lipinski definition) is 3. The first kappa shape index (κ1) is 25.7. The van der Waals surface area contributed by atoms with Crippen LogP contribution < -0.4 is 5.73 Å². The molecule has 0 fully saturated rings. The molecular formula is C23H45N3O. The zero-order chi connectivity index (χ0) is 20.0. The Kier molecular flexibility index (Phi) is 20.0. The number of allylic oxidation sites excluding steroid dienone is 2. The Hall–Kier alpha value is -1.32. The summed E-state index contributed by atoms with van der Waals surface area (Å²) in [7, 11) is 0. The Labute approximate surface area is 168 Å². The van der Waals surface area contributed by atoms with Gasteiger partial charge >= 0.3 is 0 Å². The number of amides is 1. The monoisotopic (exact) mass is 379 g/mol. The molecular weight excluding hydrogens is 334 g/mol. The molecule has 2 N–H and O–H groups in total. The quantitative estimate of drug-likeness (QED) is 0.270. The van der Waals surface area contributed by atoms with Crippen molar-refractivity contribution in [1.29, 1.82) is 0 Å². The summed E-state index contributed by atoms with van der Waals surface area (Å²) in [6, 6.07) is 0. The van der Waals surface area contributed by atoms with Gasteiger partial charge in [-0.1, -0.05) is 70.4 Å². The lowest BCUT2D eigenvalue weighted by atomic mass is 10.1. The zero-order valence-electron chi connectivity index (χ0n) is 18.1. The summed E-state index contributed by atoms with van der Waals surface area (Å²) < 4.78 is 0. The summed E-state index contributed by atoms with van der Waals surface area (Å²) in [4.78, 5) is 16.8. The van der Waals surface area contributed by atoms with Gasteiger partial charge in [-0.15, -0.1) is 0 Å². The van der Waals surface area contributed by atoms with Crippen LogP contribution in [0.15, 0.2) is 17.1 Å². The predicted octanol–water partition coefficient (Wildman–Crippen LogP) is 5.86. The van der Waals surface area contributed by atoms with Crippen molar-refractivity contribution >= 4 is 12.2 Å². The maximum Gasteiger partial charge on any atom is 0.217 e. The molecule has 0 saturated heterocycles. The van der Waals surface area contributed by atoms with Crippen LogP contribution in [0.3, 0.4) is 0 Å². The molecule has 0 radical (unpaired) electrons. The van der Waals surface area contributed by atoms with Crippen LogP contribution in [0.4, 0.5) is 0 Å². The summed E-state index contributed by atoms with van der Waals surface area (Å²) in [5, 5.41) is 0. The van der Waals surface area contributed by atoms with Crippen molar-refractivity contribution in [1.82, 2.24) is 4.90 Å². The number of carbonyl (C=O) groups is 1. The van der Waals surface area contributed by atoms with E-state index in [4.69, 9.17) is 5.73 Å². The van der Waals surface area contributed by atoms with Gasteiger partial charge < -0.3 is 10.6 Å². The smallest absolute Gasteiger partial charge is 0.217 e. The van der Waals surface area contributed by atoms with E-state index in [1.165, 1.54) is 70.6 Å². The average molecular weight is 380 g/mol. The van der Waals surface area contributed by atoms with Crippen molar-refractivity contribution in [3.63, 3.8) is 0 Å². The largest absolute Gasteiger partial charge is 0.370 e. The van der Waals surface area contributed by atoms with E-state index in [0.29, 0.717) is 6.42 Å². The van der Waals surface area contributed by atoms with Crippen molar-refractivity contribution < 1.29 is 4.79 Å². The molecule has 0 atom stereocenters. The Morgan fingerprint density at radius 3 is 1.93 bits per heavy atom. The van der Waals surface area contributed by atoms with E-state index in [2.05, 4.69) is 35.9 Å². The Morgan fingerprint density at radius 1 is 0.926 bits per heavy atom. The fraction of sp³-hybridized carbons (Fsp3) is 0.826. The van der Waals surface area contributed by atoms with Gasteiger partial charge in [-0.25, -0.2) is 0 Å². The number of aliphatic imine (C=N–C) groups is 1. The molecule has 4 heteroatoms. The van der Waals surface area contributed by atoms with E-state index in [1.807, 2.05) is 6.34 Å². The predicted molar refractivity (Wildman–Crippen MR) is 119 cm³/mol. The standard InChI is InChI=1S/C18H35NO.C5H10N2/c1-2-3-4-5-6-7-8-9-10-11-12-13-14-15-16-17-18(19)20;1-2-7-4-3-6-5-7/h9-10H,2-8,11-17H2,1H3,(H2,19,20);5H,2-4H2,1H3/b10-9-;. The molecule has 0 aromatic rings. The Morgan fingerprint density at radius 2 is 1.48 bits per heavy atom. The lowest BCUT2D eigenvalue weighted by Gasteiger charge is -2.07. The fourth-order valence-corrected chi connectivity index (χ4v) is 3.03. The highest BCUT2D eigenvalue weighted by Crippen LogP contribution is 2.09. The van der Waals surface area contributed by atoms with Gasteiger partial charge in [0.05, 0.1) is 12.9 Å². The molecule has 4 nitrogen and oxygen atoms in total. The van der Waals surface area contributed by atoms with Gasteiger partial charge in [0.1, 0.15) is 0 Å². The number of carbonyl (C=O) groups excluding carboxylic acids is 1. The maximum absolute atomic E-state index is 10.5. The summed E-state index contributed by atoms with van der Waals surface area (Å²) >= 11 is 0. The first-order valence-electron chi connectivity index (χ1n) is 11.4. The molecule has 0 aliphatic carbocycles. The molecule has 0 spiro atoms. The summed E-state index contributed by atoms with van der Waals surface area (Å²) in [6.07, 6.45) is 23.8. The van der Waals surface area contributed by atoms with Crippen molar-refractivity contribution in [3.05, 3.63) is 12.2 Å². The third kappa shape index (κ3) is 20.8. The van der Waals surface area contributed by atoms with Crippen LogP contribution in [0.25, 0.3) is 0 Å². The number of nitrogens with two attached hydrogens (primary N) is 1. The van der Waals surface area contributed by atoms with Crippen LogP contribution >= 0.6 is 0 Å². The lowest BCUT2D eigenvalue weighted by Crippen LogP contribution is -2.18. The Balaban J connectivity index is 0.000000797. The van der Waals surface area contributed by atoms with E-state index in [0.717, 1.165) is 32.5 Å². The summed E-state index contributed by atoms with van der Waals surface area (Å²) in [5.74, 6) is -0.164. The second-order valence-corrected chi connectivity index (χ2v) is 7.45. The van der Waals surface area contributed by atoms with Crippen molar-refractivity contribution in [2.45, 2.75) is 104 Å². The highest BCUT2D eigenvalue weighted by atomic mass is 16.1. The van der Waals surface area contributed by atoms with E-state index in [-0.39, 0.29) is 5.91 Å². The molecule has 1 aliphatic rings. The number of primary amides is 1. The van der Waals surface area contributed by atoms with Gasteiger partial charge in [0.15, 0.2) is 0 Å². The molecule has 0 unspecified atom stereocenters. The van der Waals surface area contributed by atoms with E-state index >= 15 is 0 Å². The maximum atomic E-state index is 10.5. The number of unbranched alkanes of at least 4 members (excludes halogenated alkanes) is 11. The highest BCUT2D eigenvalue weighted by Gasteiger charge is 1.98. The van der Waals surface area contributed by atoms with Gasteiger partial charge in [-0.05, 0) is 39.0 Å². The normalized spacial score (nSPS) is 13.2. The van der Waals surface area contributed by atoms with Crippen LogP contribution in [0.2, 0.25) is 0 Å². The van der Waals surface area contributed by atoms with Crippen molar-refractivity contribution in [2.24, 2.45) is 10.7 Å². The molecule has 0 bridgehead atoms. The number of rotatable bonds is 16. The van der Waals surface area contributed by atoms with Crippen molar-refractivity contribution in [3.8, 4) is 0 Å². The SMILES string of the molecule is CCCCCCCC/C=C\CCCCCCCC(N)=O.CCN1C=NCC1. The summed E-state index contributed by atoms with van der Waals surface area (Å²) in [5.41, 5.74) is 5.10. The average Bonchev–Trinajstić information content (AvgIpc) is 3.19. The molecule has 0 aromatic heterocycles. The molecule has 1 aliphatic heterocycles. The van der Waals surface area contributed by atoms with Gasteiger partial charge in [0.25, 0.3) is 0 Å². The fourth-order valence-electron chi connectivity index (χ4n) is 3.03. The second-order valence-electron chi connectivity index (χ2n) is 7.45. The first-order chi connectivity index (χ1) is 13.2. The van der Waals surface area contributed by atoms with Gasteiger partial charge in [0, 0.05) is 19.5 Å². The second kappa shape index (κ2) is 21.0. The van der Waals surface area contributed by atoms with Crippen molar-refractivity contribution in [2.75, 3.05) is 19.6 Å². The van der Waals surface area contributed by atoms with Gasteiger partial charge in [-0.2, -0.15) is 0 Å². The number of hydrogen-bond donors (Lipinski definition) is 1. The van der Waals surface area contributed by atoms with Gasteiger partial charge in [-0.3, -0.25) is 9.79 Å². The molecule has 27 heavy (non-hydrogen) atoms. The molecule has 158 valence electrons. The van der Waals surface area contributed by atoms with Crippen LogP contribution in [-0.4, -0.2) is 36.8 Å². The molecule has 1 amide bonds. The van der Waals surface area contributed by atoms with Crippen LogP contribution in [-0.2, 0) is 4.79 Å². The molecule has 0 saturated carbocycles. The number of likely N-dealkylation sites (N-methyl/N-ethyl adjacent to an activating group) is 1. The lowest BCUT2D eigenvalue weighted by molar-refractivity contribution is -0.118. The third-order valence-electron chi connectivity index (χ3n) is 4.85. The minimum absolute atomic E-state index is 0.164. The topological polar surface area (TPSA) is 58.7 Å². The minimum Gasteiger partial charge on any atom is -0.370 e. The van der Waals surface area contributed by atoms with E-state index in [1.54, 1.807) is 0 Å².